The zero-order valence-electron chi connectivity index (χ0n) is 11.7. The lowest BCUT2D eigenvalue weighted by molar-refractivity contribution is 0.682. The molecule has 100 valence electrons. The van der Waals surface area contributed by atoms with Gasteiger partial charge in [0.2, 0.25) is 0 Å². The van der Waals surface area contributed by atoms with E-state index in [1.807, 2.05) is 25.0 Å². The van der Waals surface area contributed by atoms with Crippen molar-refractivity contribution in [3.8, 4) is 11.1 Å². The maximum atomic E-state index is 4.43. The zero-order valence-corrected chi connectivity index (χ0v) is 11.7. The highest BCUT2D eigenvalue weighted by atomic mass is 15.3. The van der Waals surface area contributed by atoms with Gasteiger partial charge in [-0.1, -0.05) is 18.2 Å². The molecule has 3 nitrogen and oxygen atoms in total. The Hall–Kier alpha value is -1.61. The molecule has 0 aliphatic heterocycles. The summed E-state index contributed by atoms with van der Waals surface area (Å²) in [5, 5.41) is 7.64. The molecule has 0 atom stereocenters. The number of aromatic nitrogens is 2. The van der Waals surface area contributed by atoms with Gasteiger partial charge in [0.1, 0.15) is 0 Å². The molecule has 3 rings (SSSR count). The number of hydrogen-bond acceptors (Lipinski definition) is 2. The van der Waals surface area contributed by atoms with E-state index in [0.717, 1.165) is 13.0 Å². The molecule has 1 heterocycles. The van der Waals surface area contributed by atoms with E-state index in [0.29, 0.717) is 0 Å². The van der Waals surface area contributed by atoms with E-state index >= 15 is 0 Å². The summed E-state index contributed by atoms with van der Waals surface area (Å²) in [6.45, 7) is 0.984. The largest absolute Gasteiger partial charge is 0.319 e. The van der Waals surface area contributed by atoms with Crippen LogP contribution in [0.5, 0.6) is 0 Å². The second-order valence-corrected chi connectivity index (χ2v) is 5.32. The third-order valence-corrected chi connectivity index (χ3v) is 4.08. The molecule has 1 aliphatic rings. The van der Waals surface area contributed by atoms with Crippen LogP contribution in [0.2, 0.25) is 0 Å². The van der Waals surface area contributed by atoms with Crippen LogP contribution in [0.1, 0.15) is 23.2 Å². The number of hydrogen-bond donors (Lipinski definition) is 1. The second kappa shape index (κ2) is 5.17. The Balaban J connectivity index is 1.97. The van der Waals surface area contributed by atoms with E-state index in [2.05, 4.69) is 28.6 Å². The minimum atomic E-state index is 0.984. The van der Waals surface area contributed by atoms with Crippen LogP contribution in [-0.4, -0.2) is 23.4 Å². The molecule has 0 fully saturated rings. The van der Waals surface area contributed by atoms with E-state index in [1.165, 1.54) is 47.2 Å². The van der Waals surface area contributed by atoms with E-state index < -0.39 is 0 Å². The van der Waals surface area contributed by atoms with Gasteiger partial charge >= 0.3 is 0 Å². The molecule has 0 radical (unpaired) electrons. The van der Waals surface area contributed by atoms with Crippen molar-refractivity contribution in [3.05, 3.63) is 41.2 Å². The van der Waals surface area contributed by atoms with Gasteiger partial charge in [-0.05, 0) is 43.0 Å². The van der Waals surface area contributed by atoms with Crippen molar-refractivity contribution in [2.45, 2.75) is 25.7 Å². The van der Waals surface area contributed by atoms with Crippen molar-refractivity contribution >= 4 is 0 Å². The van der Waals surface area contributed by atoms with Gasteiger partial charge in [0, 0.05) is 31.3 Å². The van der Waals surface area contributed by atoms with Gasteiger partial charge in [0.15, 0.2) is 0 Å². The third-order valence-electron chi connectivity index (χ3n) is 4.08. The fourth-order valence-electron chi connectivity index (χ4n) is 2.98. The van der Waals surface area contributed by atoms with E-state index in [9.17, 15) is 0 Å². The van der Waals surface area contributed by atoms with Gasteiger partial charge in [0.05, 0.1) is 6.20 Å². The Bertz CT molecular complexity index is 584. The lowest BCUT2D eigenvalue weighted by atomic mass is 10.00. The van der Waals surface area contributed by atoms with Crippen molar-refractivity contribution < 1.29 is 0 Å². The zero-order chi connectivity index (χ0) is 13.2. The molecule has 2 aromatic rings. The van der Waals surface area contributed by atoms with Crippen LogP contribution in [-0.2, 0) is 26.3 Å². The maximum Gasteiger partial charge on any atom is 0.0571 e. The van der Waals surface area contributed by atoms with Crippen LogP contribution in [0.4, 0.5) is 0 Å². The molecule has 0 saturated carbocycles. The summed E-state index contributed by atoms with van der Waals surface area (Å²) >= 11 is 0. The van der Waals surface area contributed by atoms with Gasteiger partial charge in [0.25, 0.3) is 0 Å². The lowest BCUT2D eigenvalue weighted by Gasteiger charge is -2.08. The number of fused-ring (bicyclic) bond motifs is 1. The van der Waals surface area contributed by atoms with Gasteiger partial charge < -0.3 is 5.32 Å². The SMILES string of the molecule is CNCCc1c(-c2ccc3c(c2)CCC3)cnn1C. The highest BCUT2D eigenvalue weighted by molar-refractivity contribution is 5.67. The fraction of sp³-hybridized carbons (Fsp3) is 0.438. The van der Waals surface area contributed by atoms with Crippen molar-refractivity contribution in [2.24, 2.45) is 7.05 Å². The average molecular weight is 255 g/mol. The number of likely N-dealkylation sites (N-methyl/N-ethyl adjacent to an activating group) is 1. The van der Waals surface area contributed by atoms with Crippen LogP contribution in [0, 0.1) is 0 Å². The van der Waals surface area contributed by atoms with Crippen molar-refractivity contribution in [1.29, 1.82) is 0 Å². The molecule has 1 aliphatic carbocycles. The maximum absolute atomic E-state index is 4.43. The van der Waals surface area contributed by atoms with Gasteiger partial charge in [-0.15, -0.1) is 0 Å². The molecule has 1 N–H and O–H groups in total. The molecular formula is C16H21N3. The quantitative estimate of drug-likeness (QED) is 0.909. The first-order chi connectivity index (χ1) is 9.29. The van der Waals surface area contributed by atoms with Gasteiger partial charge in [-0.2, -0.15) is 5.10 Å². The summed E-state index contributed by atoms with van der Waals surface area (Å²) in [6.07, 6.45) is 6.80. The number of nitrogens with zero attached hydrogens (tertiary/aromatic N) is 2. The Morgan fingerprint density at radius 3 is 2.95 bits per heavy atom. The lowest BCUT2D eigenvalue weighted by Crippen LogP contribution is -2.13. The van der Waals surface area contributed by atoms with Crippen molar-refractivity contribution in [3.63, 3.8) is 0 Å². The van der Waals surface area contributed by atoms with E-state index in [4.69, 9.17) is 0 Å². The third kappa shape index (κ3) is 2.30. The molecule has 0 bridgehead atoms. The highest BCUT2D eigenvalue weighted by Gasteiger charge is 2.14. The highest BCUT2D eigenvalue weighted by Crippen LogP contribution is 2.29. The van der Waals surface area contributed by atoms with E-state index in [-0.39, 0.29) is 0 Å². The topological polar surface area (TPSA) is 29.9 Å². The molecule has 0 unspecified atom stereocenters. The standard InChI is InChI=1S/C16H21N3/c1-17-9-8-16-15(11-18-19(16)2)14-7-6-12-4-3-5-13(12)10-14/h6-7,10-11,17H,3-5,8-9H2,1-2H3. The predicted molar refractivity (Wildman–Crippen MR) is 78.3 cm³/mol. The Morgan fingerprint density at radius 1 is 1.26 bits per heavy atom. The Labute approximate surface area is 114 Å². The number of nitrogens with one attached hydrogen (secondary N) is 1. The molecule has 1 aromatic heterocycles. The van der Waals surface area contributed by atoms with Crippen LogP contribution in [0.25, 0.3) is 11.1 Å². The van der Waals surface area contributed by atoms with Crippen LogP contribution < -0.4 is 5.32 Å². The van der Waals surface area contributed by atoms with Crippen LogP contribution in [0.15, 0.2) is 24.4 Å². The Kier molecular flexibility index (Phi) is 3.38. The number of aryl methyl sites for hydroxylation is 3. The first-order valence-corrected chi connectivity index (χ1v) is 7.07. The monoisotopic (exact) mass is 255 g/mol. The summed E-state index contributed by atoms with van der Waals surface area (Å²) in [5.74, 6) is 0. The minimum absolute atomic E-state index is 0.984. The molecular weight excluding hydrogens is 234 g/mol. The first-order valence-electron chi connectivity index (χ1n) is 7.07. The first kappa shape index (κ1) is 12.4. The van der Waals surface area contributed by atoms with Crippen LogP contribution in [0.3, 0.4) is 0 Å². The molecule has 3 heteroatoms. The molecule has 19 heavy (non-hydrogen) atoms. The minimum Gasteiger partial charge on any atom is -0.319 e. The fourth-order valence-corrected chi connectivity index (χ4v) is 2.98. The molecule has 0 amide bonds. The van der Waals surface area contributed by atoms with E-state index in [1.54, 1.807) is 0 Å². The molecule has 1 aromatic carbocycles. The number of rotatable bonds is 4. The van der Waals surface area contributed by atoms with Gasteiger partial charge in [-0.25, -0.2) is 0 Å². The summed E-state index contributed by atoms with van der Waals surface area (Å²) in [4.78, 5) is 0. The molecule has 0 saturated heterocycles. The smallest absolute Gasteiger partial charge is 0.0571 e. The summed E-state index contributed by atoms with van der Waals surface area (Å²) in [5.41, 5.74) is 6.98. The summed E-state index contributed by atoms with van der Waals surface area (Å²) in [6, 6.07) is 6.92. The summed E-state index contributed by atoms with van der Waals surface area (Å²) < 4.78 is 2.00. The van der Waals surface area contributed by atoms with Crippen molar-refractivity contribution in [2.75, 3.05) is 13.6 Å². The van der Waals surface area contributed by atoms with Gasteiger partial charge in [-0.3, -0.25) is 4.68 Å². The number of benzene rings is 1. The van der Waals surface area contributed by atoms with Crippen LogP contribution >= 0.6 is 0 Å². The Morgan fingerprint density at radius 2 is 2.11 bits per heavy atom. The average Bonchev–Trinajstić information content (AvgIpc) is 3.02. The molecule has 0 spiro atoms. The van der Waals surface area contributed by atoms with Crippen molar-refractivity contribution in [1.82, 2.24) is 15.1 Å². The second-order valence-electron chi connectivity index (χ2n) is 5.32. The summed E-state index contributed by atoms with van der Waals surface area (Å²) in [7, 11) is 4.02. The predicted octanol–water partition coefficient (Wildman–Crippen LogP) is 2.34. The normalized spacial score (nSPS) is 13.8.